The third-order valence-corrected chi connectivity index (χ3v) is 2.08. The van der Waals surface area contributed by atoms with Gasteiger partial charge in [-0.05, 0) is 19.9 Å². The lowest BCUT2D eigenvalue weighted by atomic mass is 10.3. The molecule has 0 aromatic carbocycles. The van der Waals surface area contributed by atoms with Gasteiger partial charge in [0.15, 0.2) is 0 Å². The van der Waals surface area contributed by atoms with Crippen LogP contribution in [-0.2, 0) is 14.3 Å². The molecule has 0 saturated carbocycles. The summed E-state index contributed by atoms with van der Waals surface area (Å²) < 4.78 is 10.2. The van der Waals surface area contributed by atoms with E-state index in [0.717, 1.165) is 13.0 Å². The first-order chi connectivity index (χ1) is 8.06. The number of methoxy groups -OCH3 is 1. The van der Waals surface area contributed by atoms with E-state index in [2.05, 4.69) is 24.5 Å². The molecule has 0 aromatic rings. The molecular formula is C12H26N2O3. The van der Waals surface area contributed by atoms with Crippen molar-refractivity contribution in [2.45, 2.75) is 39.3 Å². The van der Waals surface area contributed by atoms with Gasteiger partial charge in [-0.2, -0.15) is 0 Å². The van der Waals surface area contributed by atoms with Crippen LogP contribution >= 0.6 is 0 Å². The van der Waals surface area contributed by atoms with Crippen molar-refractivity contribution in [3.8, 4) is 0 Å². The molecule has 2 N–H and O–H groups in total. The third kappa shape index (κ3) is 11.6. The minimum absolute atomic E-state index is 0.0266. The zero-order valence-electron chi connectivity index (χ0n) is 11.4. The average molecular weight is 246 g/mol. The number of amides is 1. The largest absolute Gasteiger partial charge is 0.383 e. The fraction of sp³-hybridized carbons (Fsp3) is 0.917. The molecule has 0 spiro atoms. The summed E-state index contributed by atoms with van der Waals surface area (Å²) in [6.07, 6.45) is 0.916. The molecule has 5 nitrogen and oxygen atoms in total. The summed E-state index contributed by atoms with van der Waals surface area (Å²) in [5, 5.41) is 6.07. The monoisotopic (exact) mass is 246 g/mol. The standard InChI is InChI=1S/C12H26N2O3/c1-10(2)13-6-5-7-17-9-12(15)14-11(3)8-16-4/h10-11,13H,5-9H2,1-4H3,(H,14,15). The fourth-order valence-electron chi connectivity index (χ4n) is 1.34. The summed E-state index contributed by atoms with van der Waals surface area (Å²) in [7, 11) is 1.61. The highest BCUT2D eigenvalue weighted by Gasteiger charge is 2.06. The smallest absolute Gasteiger partial charge is 0.246 e. The summed E-state index contributed by atoms with van der Waals surface area (Å²) in [6, 6.07) is 0.520. The highest BCUT2D eigenvalue weighted by molar-refractivity contribution is 5.77. The Hall–Kier alpha value is -0.650. The van der Waals surface area contributed by atoms with Crippen LogP contribution in [0.1, 0.15) is 27.2 Å². The van der Waals surface area contributed by atoms with Gasteiger partial charge in [-0.1, -0.05) is 13.8 Å². The van der Waals surface area contributed by atoms with Crippen molar-refractivity contribution in [2.24, 2.45) is 0 Å². The molecule has 0 aromatic heterocycles. The quantitative estimate of drug-likeness (QED) is 0.552. The normalized spacial score (nSPS) is 12.8. The van der Waals surface area contributed by atoms with Crippen molar-refractivity contribution in [2.75, 3.05) is 33.5 Å². The number of ether oxygens (including phenoxy) is 2. The highest BCUT2D eigenvalue weighted by atomic mass is 16.5. The van der Waals surface area contributed by atoms with Crippen LogP contribution in [0.2, 0.25) is 0 Å². The van der Waals surface area contributed by atoms with E-state index in [9.17, 15) is 4.79 Å². The summed E-state index contributed by atoms with van der Waals surface area (Å²) in [5.41, 5.74) is 0. The zero-order valence-corrected chi connectivity index (χ0v) is 11.4. The van der Waals surface area contributed by atoms with Gasteiger partial charge in [-0.3, -0.25) is 4.79 Å². The molecule has 0 aliphatic carbocycles. The van der Waals surface area contributed by atoms with Crippen molar-refractivity contribution in [3.63, 3.8) is 0 Å². The van der Waals surface area contributed by atoms with Crippen LogP contribution in [0.25, 0.3) is 0 Å². The molecule has 0 aliphatic rings. The first-order valence-electron chi connectivity index (χ1n) is 6.15. The molecule has 0 fully saturated rings. The Bertz CT molecular complexity index is 198. The second-order valence-electron chi connectivity index (χ2n) is 4.44. The van der Waals surface area contributed by atoms with Gasteiger partial charge in [0.2, 0.25) is 5.91 Å². The number of nitrogens with one attached hydrogen (secondary N) is 2. The Kier molecular flexibility index (Phi) is 10.1. The van der Waals surface area contributed by atoms with E-state index >= 15 is 0 Å². The Morgan fingerprint density at radius 1 is 1.29 bits per heavy atom. The Labute approximate surface area is 104 Å². The summed E-state index contributed by atoms with van der Waals surface area (Å²) in [6.45, 7) is 8.26. The minimum Gasteiger partial charge on any atom is -0.383 e. The average Bonchev–Trinajstić information content (AvgIpc) is 2.23. The number of rotatable bonds is 10. The molecule has 1 amide bonds. The van der Waals surface area contributed by atoms with Crippen LogP contribution in [0.15, 0.2) is 0 Å². The van der Waals surface area contributed by atoms with Gasteiger partial charge in [-0.25, -0.2) is 0 Å². The van der Waals surface area contributed by atoms with Crippen LogP contribution in [0.4, 0.5) is 0 Å². The predicted octanol–water partition coefficient (Wildman–Crippen LogP) is 0.542. The van der Waals surface area contributed by atoms with E-state index in [-0.39, 0.29) is 18.6 Å². The van der Waals surface area contributed by atoms with Gasteiger partial charge in [0, 0.05) is 25.8 Å². The van der Waals surface area contributed by atoms with Gasteiger partial charge < -0.3 is 20.1 Å². The molecule has 102 valence electrons. The Balaban J connectivity index is 3.33. The molecule has 0 rings (SSSR count). The summed E-state index contributed by atoms with van der Waals surface area (Å²) in [4.78, 5) is 11.4. The number of carbonyl (C=O) groups excluding carboxylic acids is 1. The first-order valence-corrected chi connectivity index (χ1v) is 6.15. The number of hydrogen-bond donors (Lipinski definition) is 2. The number of carbonyl (C=O) groups is 1. The van der Waals surface area contributed by atoms with Crippen molar-refractivity contribution >= 4 is 5.91 Å². The molecule has 1 unspecified atom stereocenters. The van der Waals surface area contributed by atoms with E-state index in [1.54, 1.807) is 7.11 Å². The van der Waals surface area contributed by atoms with Crippen molar-refractivity contribution in [1.82, 2.24) is 10.6 Å². The maximum absolute atomic E-state index is 11.4. The summed E-state index contributed by atoms with van der Waals surface area (Å²) >= 11 is 0. The summed E-state index contributed by atoms with van der Waals surface area (Å²) in [5.74, 6) is -0.0913. The Morgan fingerprint density at radius 2 is 2.00 bits per heavy atom. The molecule has 0 saturated heterocycles. The second-order valence-corrected chi connectivity index (χ2v) is 4.44. The first kappa shape index (κ1) is 16.4. The van der Waals surface area contributed by atoms with E-state index < -0.39 is 0 Å². The van der Waals surface area contributed by atoms with E-state index in [4.69, 9.17) is 9.47 Å². The lowest BCUT2D eigenvalue weighted by molar-refractivity contribution is -0.126. The molecule has 5 heteroatoms. The van der Waals surface area contributed by atoms with E-state index in [1.807, 2.05) is 6.92 Å². The molecule has 0 aliphatic heterocycles. The topological polar surface area (TPSA) is 59.6 Å². The number of hydrogen-bond acceptors (Lipinski definition) is 4. The van der Waals surface area contributed by atoms with Gasteiger partial charge in [-0.15, -0.1) is 0 Å². The maximum atomic E-state index is 11.4. The zero-order chi connectivity index (χ0) is 13.1. The molecule has 0 radical (unpaired) electrons. The van der Waals surface area contributed by atoms with Gasteiger partial charge in [0.25, 0.3) is 0 Å². The minimum atomic E-state index is -0.0913. The molecule has 1 atom stereocenters. The van der Waals surface area contributed by atoms with E-state index in [1.165, 1.54) is 0 Å². The van der Waals surface area contributed by atoms with Gasteiger partial charge in [0.1, 0.15) is 6.61 Å². The molecule has 0 heterocycles. The van der Waals surface area contributed by atoms with Crippen molar-refractivity contribution in [1.29, 1.82) is 0 Å². The van der Waals surface area contributed by atoms with Gasteiger partial charge in [0.05, 0.1) is 6.61 Å². The SMILES string of the molecule is COCC(C)NC(=O)COCCCNC(C)C. The lowest BCUT2D eigenvalue weighted by Gasteiger charge is -2.13. The van der Waals surface area contributed by atoms with Crippen LogP contribution < -0.4 is 10.6 Å². The lowest BCUT2D eigenvalue weighted by Crippen LogP contribution is -2.38. The Morgan fingerprint density at radius 3 is 2.59 bits per heavy atom. The van der Waals surface area contributed by atoms with Crippen LogP contribution in [-0.4, -0.2) is 51.5 Å². The maximum Gasteiger partial charge on any atom is 0.246 e. The molecule has 17 heavy (non-hydrogen) atoms. The molecule has 0 bridgehead atoms. The van der Waals surface area contributed by atoms with Crippen LogP contribution in [0, 0.1) is 0 Å². The van der Waals surface area contributed by atoms with Crippen LogP contribution in [0.3, 0.4) is 0 Å². The van der Waals surface area contributed by atoms with E-state index in [0.29, 0.717) is 19.3 Å². The highest BCUT2D eigenvalue weighted by Crippen LogP contribution is 1.86. The van der Waals surface area contributed by atoms with Crippen molar-refractivity contribution < 1.29 is 14.3 Å². The third-order valence-electron chi connectivity index (χ3n) is 2.08. The van der Waals surface area contributed by atoms with Gasteiger partial charge >= 0.3 is 0 Å². The fourth-order valence-corrected chi connectivity index (χ4v) is 1.34. The second kappa shape index (κ2) is 10.5. The molecular weight excluding hydrogens is 220 g/mol. The predicted molar refractivity (Wildman–Crippen MR) is 68.1 cm³/mol. The van der Waals surface area contributed by atoms with Crippen molar-refractivity contribution in [3.05, 3.63) is 0 Å². The van der Waals surface area contributed by atoms with Crippen LogP contribution in [0.5, 0.6) is 0 Å².